The van der Waals surface area contributed by atoms with E-state index in [0.29, 0.717) is 11.2 Å². The van der Waals surface area contributed by atoms with Gasteiger partial charge < -0.3 is 5.32 Å². The van der Waals surface area contributed by atoms with Crippen molar-refractivity contribution in [2.75, 3.05) is 5.32 Å². The first kappa shape index (κ1) is 9.39. The van der Waals surface area contributed by atoms with Gasteiger partial charge in [0.15, 0.2) is 0 Å². The molecule has 2 rings (SSSR count). The van der Waals surface area contributed by atoms with Crippen LogP contribution in [0.15, 0.2) is 5.51 Å². The molecule has 1 aromatic rings. The Hall–Kier alpha value is -1.17. The summed E-state index contributed by atoms with van der Waals surface area (Å²) >= 11 is 1.31. The molecule has 0 atom stereocenters. The highest BCUT2D eigenvalue weighted by atomic mass is 32.1. The number of nitrogens with one attached hydrogen (secondary N) is 2. The van der Waals surface area contributed by atoms with Crippen LogP contribution in [-0.2, 0) is 0 Å². The summed E-state index contributed by atoms with van der Waals surface area (Å²) < 4.78 is 0. The molecule has 1 aromatic heterocycles. The highest BCUT2D eigenvalue weighted by Gasteiger charge is 2.17. The van der Waals surface area contributed by atoms with Gasteiger partial charge in [0.1, 0.15) is 5.51 Å². The van der Waals surface area contributed by atoms with E-state index >= 15 is 0 Å². The lowest BCUT2D eigenvalue weighted by Crippen LogP contribution is -2.36. The Morgan fingerprint density at radius 2 is 2.29 bits per heavy atom. The standard InChI is InChI=1S/C8H12N4OS/c13-7(10-6-3-1-2-4-6)11-8-12-9-5-14-8/h5-6H,1-4H2,(H2,10,11,12,13). The van der Waals surface area contributed by atoms with Crippen LogP contribution in [0, 0.1) is 0 Å². The average molecular weight is 212 g/mol. The Morgan fingerprint density at radius 3 is 2.93 bits per heavy atom. The van der Waals surface area contributed by atoms with Gasteiger partial charge in [0.2, 0.25) is 5.13 Å². The van der Waals surface area contributed by atoms with Crippen LogP contribution in [0.3, 0.4) is 0 Å². The summed E-state index contributed by atoms with van der Waals surface area (Å²) in [4.78, 5) is 11.4. The second kappa shape index (κ2) is 4.36. The van der Waals surface area contributed by atoms with Gasteiger partial charge in [0.05, 0.1) is 0 Å². The van der Waals surface area contributed by atoms with E-state index in [1.165, 1.54) is 24.2 Å². The molecule has 0 saturated heterocycles. The maximum atomic E-state index is 11.4. The number of anilines is 1. The molecule has 1 aliphatic rings. The smallest absolute Gasteiger partial charge is 0.321 e. The van der Waals surface area contributed by atoms with Gasteiger partial charge >= 0.3 is 6.03 Å². The molecule has 0 spiro atoms. The number of carbonyl (C=O) groups excluding carboxylic acids is 1. The third kappa shape index (κ3) is 2.41. The number of carbonyl (C=O) groups is 1. The minimum Gasteiger partial charge on any atom is -0.335 e. The van der Waals surface area contributed by atoms with Crippen LogP contribution in [0.5, 0.6) is 0 Å². The van der Waals surface area contributed by atoms with Gasteiger partial charge in [-0.3, -0.25) is 5.32 Å². The molecule has 2 N–H and O–H groups in total. The summed E-state index contributed by atoms with van der Waals surface area (Å²) in [7, 11) is 0. The molecule has 6 heteroatoms. The number of nitrogens with zero attached hydrogens (tertiary/aromatic N) is 2. The first-order chi connectivity index (χ1) is 6.84. The van der Waals surface area contributed by atoms with E-state index in [1.807, 2.05) is 0 Å². The maximum Gasteiger partial charge on any atom is 0.321 e. The van der Waals surface area contributed by atoms with Crippen molar-refractivity contribution in [1.29, 1.82) is 0 Å². The Labute approximate surface area is 85.9 Å². The van der Waals surface area contributed by atoms with E-state index in [9.17, 15) is 4.79 Å². The Balaban J connectivity index is 1.78. The molecule has 1 aliphatic carbocycles. The molecule has 0 bridgehead atoms. The Bertz CT molecular complexity index is 294. The second-order valence-corrected chi connectivity index (χ2v) is 4.16. The third-order valence-corrected chi connectivity index (χ3v) is 2.88. The van der Waals surface area contributed by atoms with Crippen molar-refractivity contribution in [3.63, 3.8) is 0 Å². The molecule has 5 nitrogen and oxygen atoms in total. The molecular formula is C8H12N4OS. The van der Waals surface area contributed by atoms with Crippen molar-refractivity contribution in [2.45, 2.75) is 31.7 Å². The number of amides is 2. The number of aromatic nitrogens is 2. The fourth-order valence-corrected chi connectivity index (χ4v) is 2.06. The number of hydrogen-bond donors (Lipinski definition) is 2. The second-order valence-electron chi connectivity index (χ2n) is 3.32. The molecular weight excluding hydrogens is 200 g/mol. The van der Waals surface area contributed by atoms with Crippen LogP contribution in [-0.4, -0.2) is 22.3 Å². The molecule has 1 saturated carbocycles. The molecule has 76 valence electrons. The fourth-order valence-electron chi connectivity index (χ4n) is 1.62. The van der Waals surface area contributed by atoms with Crippen LogP contribution in [0.1, 0.15) is 25.7 Å². The van der Waals surface area contributed by atoms with Gasteiger partial charge in [-0.25, -0.2) is 4.79 Å². The summed E-state index contributed by atoms with van der Waals surface area (Å²) in [6.45, 7) is 0. The Kier molecular flexibility index (Phi) is 2.93. The predicted molar refractivity (Wildman–Crippen MR) is 54.3 cm³/mol. The fraction of sp³-hybridized carbons (Fsp3) is 0.625. The summed E-state index contributed by atoms with van der Waals surface area (Å²) in [6, 6.07) is 0.163. The zero-order valence-electron chi connectivity index (χ0n) is 7.69. The lowest BCUT2D eigenvalue weighted by Gasteiger charge is -2.10. The van der Waals surface area contributed by atoms with E-state index in [-0.39, 0.29) is 6.03 Å². The van der Waals surface area contributed by atoms with Gasteiger partial charge in [0.25, 0.3) is 0 Å². The van der Waals surface area contributed by atoms with Crippen LogP contribution in [0.4, 0.5) is 9.93 Å². The number of rotatable bonds is 2. The van der Waals surface area contributed by atoms with Gasteiger partial charge in [-0.05, 0) is 12.8 Å². The monoisotopic (exact) mass is 212 g/mol. The first-order valence-electron chi connectivity index (χ1n) is 4.68. The van der Waals surface area contributed by atoms with E-state index in [2.05, 4.69) is 20.8 Å². The topological polar surface area (TPSA) is 66.9 Å². The molecule has 0 radical (unpaired) electrons. The molecule has 14 heavy (non-hydrogen) atoms. The van der Waals surface area contributed by atoms with Crippen molar-refractivity contribution in [2.24, 2.45) is 0 Å². The summed E-state index contributed by atoms with van der Waals surface area (Å²) in [5, 5.41) is 13.5. The Morgan fingerprint density at radius 1 is 1.50 bits per heavy atom. The molecule has 2 amide bonds. The first-order valence-corrected chi connectivity index (χ1v) is 5.56. The molecule has 0 aromatic carbocycles. The van der Waals surface area contributed by atoms with Gasteiger partial charge in [0, 0.05) is 6.04 Å². The summed E-state index contributed by atoms with van der Waals surface area (Å²) in [6.07, 6.45) is 4.60. The zero-order chi connectivity index (χ0) is 9.80. The van der Waals surface area contributed by atoms with Crippen molar-refractivity contribution in [1.82, 2.24) is 15.5 Å². The lowest BCUT2D eigenvalue weighted by atomic mass is 10.3. The molecule has 0 unspecified atom stereocenters. The highest BCUT2D eigenvalue weighted by Crippen LogP contribution is 2.17. The zero-order valence-corrected chi connectivity index (χ0v) is 8.51. The van der Waals surface area contributed by atoms with Crippen LogP contribution < -0.4 is 10.6 Å². The quantitative estimate of drug-likeness (QED) is 0.782. The van der Waals surface area contributed by atoms with Crippen LogP contribution in [0.25, 0.3) is 0 Å². The van der Waals surface area contributed by atoms with Gasteiger partial charge in [-0.2, -0.15) is 0 Å². The SMILES string of the molecule is O=C(Nc1nncs1)NC1CCCC1. The predicted octanol–water partition coefficient (Wildman–Crippen LogP) is 1.60. The van der Waals surface area contributed by atoms with Crippen LogP contribution >= 0.6 is 11.3 Å². The van der Waals surface area contributed by atoms with Crippen molar-refractivity contribution in [3.8, 4) is 0 Å². The van der Waals surface area contributed by atoms with Crippen LogP contribution in [0.2, 0.25) is 0 Å². The molecule has 0 aliphatic heterocycles. The molecule has 1 fully saturated rings. The van der Waals surface area contributed by atoms with Crippen molar-refractivity contribution in [3.05, 3.63) is 5.51 Å². The average Bonchev–Trinajstić information content (AvgIpc) is 2.76. The van der Waals surface area contributed by atoms with Gasteiger partial charge in [-0.1, -0.05) is 24.2 Å². The minimum atomic E-state index is -0.173. The van der Waals surface area contributed by atoms with E-state index in [1.54, 1.807) is 5.51 Å². The van der Waals surface area contributed by atoms with Crippen molar-refractivity contribution < 1.29 is 4.79 Å². The molecule has 1 heterocycles. The minimum absolute atomic E-state index is 0.173. The number of urea groups is 1. The largest absolute Gasteiger partial charge is 0.335 e. The van der Waals surface area contributed by atoms with Gasteiger partial charge in [-0.15, -0.1) is 10.2 Å². The maximum absolute atomic E-state index is 11.4. The van der Waals surface area contributed by atoms with E-state index in [0.717, 1.165) is 12.8 Å². The van der Waals surface area contributed by atoms with E-state index < -0.39 is 0 Å². The third-order valence-electron chi connectivity index (χ3n) is 2.27. The lowest BCUT2D eigenvalue weighted by molar-refractivity contribution is 0.248. The van der Waals surface area contributed by atoms with Crippen molar-refractivity contribution >= 4 is 22.5 Å². The summed E-state index contributed by atoms with van der Waals surface area (Å²) in [5.74, 6) is 0. The normalized spacial score (nSPS) is 16.9. The van der Waals surface area contributed by atoms with E-state index in [4.69, 9.17) is 0 Å². The highest BCUT2D eigenvalue weighted by molar-refractivity contribution is 7.13. The summed E-state index contributed by atoms with van der Waals surface area (Å²) in [5.41, 5.74) is 1.59. The number of hydrogen-bond acceptors (Lipinski definition) is 4.